The van der Waals surface area contributed by atoms with E-state index >= 15 is 0 Å². The van der Waals surface area contributed by atoms with E-state index in [2.05, 4.69) is 9.97 Å². The van der Waals surface area contributed by atoms with Gasteiger partial charge in [-0.15, -0.1) is 11.3 Å². The quantitative estimate of drug-likeness (QED) is 0.581. The number of ether oxygens (including phenoxy) is 1. The molecule has 0 aliphatic heterocycles. The molecule has 0 bridgehead atoms. The van der Waals surface area contributed by atoms with Gasteiger partial charge < -0.3 is 9.72 Å². The highest BCUT2D eigenvalue weighted by Crippen LogP contribution is 2.29. The molecule has 24 heavy (non-hydrogen) atoms. The molecule has 0 spiro atoms. The van der Waals surface area contributed by atoms with Crippen LogP contribution in [-0.4, -0.2) is 15.9 Å². The van der Waals surface area contributed by atoms with Gasteiger partial charge in [0.25, 0.3) is 5.56 Å². The molecule has 1 N–H and O–H groups in total. The Hall–Kier alpha value is -2.99. The summed E-state index contributed by atoms with van der Waals surface area (Å²) in [5, 5.41) is 0.930. The van der Waals surface area contributed by atoms with Crippen LogP contribution < -0.4 is 5.56 Å². The lowest BCUT2D eigenvalue weighted by atomic mass is 10.2. The molecule has 0 amide bonds. The second kappa shape index (κ2) is 5.90. The number of H-pyrrole nitrogens is 1. The van der Waals surface area contributed by atoms with Gasteiger partial charge in [-0.1, -0.05) is 36.4 Å². The Morgan fingerprint density at radius 1 is 1.08 bits per heavy atom. The minimum absolute atomic E-state index is 0.0803. The molecule has 0 aliphatic rings. The molecule has 0 radical (unpaired) electrons. The third-order valence-corrected chi connectivity index (χ3v) is 4.79. The van der Waals surface area contributed by atoms with Crippen molar-refractivity contribution in [1.82, 2.24) is 9.97 Å². The maximum absolute atomic E-state index is 12.3. The Balaban J connectivity index is 1.66. The molecule has 118 valence electrons. The van der Waals surface area contributed by atoms with Crippen LogP contribution in [0.1, 0.15) is 16.2 Å². The van der Waals surface area contributed by atoms with Crippen LogP contribution in [0, 0.1) is 0 Å². The number of nitrogens with one attached hydrogen (secondary N) is 1. The number of aromatic nitrogens is 2. The third kappa shape index (κ3) is 2.57. The highest BCUT2D eigenvalue weighted by atomic mass is 32.1. The summed E-state index contributed by atoms with van der Waals surface area (Å²) < 4.78 is 6.82. The van der Waals surface area contributed by atoms with Crippen molar-refractivity contribution < 1.29 is 9.53 Å². The maximum atomic E-state index is 12.3. The van der Waals surface area contributed by atoms with Crippen LogP contribution in [0.25, 0.3) is 20.3 Å². The van der Waals surface area contributed by atoms with Crippen molar-refractivity contribution in [3.8, 4) is 0 Å². The molecule has 2 aromatic carbocycles. The molecule has 0 fully saturated rings. The predicted octanol–water partition coefficient (Wildman–Crippen LogP) is 3.49. The van der Waals surface area contributed by atoms with Crippen LogP contribution in [0.3, 0.4) is 0 Å². The first-order valence-electron chi connectivity index (χ1n) is 7.35. The number of carbonyl (C=O) groups excluding carboxylic acids is 1. The van der Waals surface area contributed by atoms with Crippen LogP contribution in [-0.2, 0) is 11.3 Å². The predicted molar refractivity (Wildman–Crippen MR) is 93.3 cm³/mol. The van der Waals surface area contributed by atoms with Crippen molar-refractivity contribution in [1.29, 1.82) is 0 Å². The third-order valence-electron chi connectivity index (χ3n) is 3.63. The van der Waals surface area contributed by atoms with Crippen molar-refractivity contribution in [2.45, 2.75) is 6.61 Å². The number of thiophene rings is 1. The molecule has 0 saturated carbocycles. The lowest BCUT2D eigenvalue weighted by Crippen LogP contribution is -2.13. The summed E-state index contributed by atoms with van der Waals surface area (Å²) in [6.45, 7) is -0.0803. The van der Waals surface area contributed by atoms with Gasteiger partial charge in [0, 0.05) is 10.1 Å². The van der Waals surface area contributed by atoms with Crippen molar-refractivity contribution in [2.75, 3.05) is 0 Å². The van der Waals surface area contributed by atoms with E-state index in [1.165, 1.54) is 11.3 Å². The van der Waals surface area contributed by atoms with E-state index in [-0.39, 0.29) is 12.2 Å². The number of hydrogen-bond acceptors (Lipinski definition) is 5. The van der Waals surface area contributed by atoms with Gasteiger partial charge in [0.1, 0.15) is 17.1 Å². The topological polar surface area (TPSA) is 72.0 Å². The van der Waals surface area contributed by atoms with Gasteiger partial charge >= 0.3 is 5.97 Å². The number of esters is 1. The first-order valence-corrected chi connectivity index (χ1v) is 8.16. The molecule has 4 rings (SSSR count). The summed E-state index contributed by atoms with van der Waals surface area (Å²) in [4.78, 5) is 31.4. The van der Waals surface area contributed by atoms with Gasteiger partial charge in [-0.05, 0) is 18.2 Å². The minimum Gasteiger partial charge on any atom is -0.454 e. The van der Waals surface area contributed by atoms with E-state index in [1.54, 1.807) is 24.3 Å². The molecule has 0 atom stereocenters. The van der Waals surface area contributed by atoms with Crippen molar-refractivity contribution in [2.24, 2.45) is 0 Å². The Labute approximate surface area is 140 Å². The lowest BCUT2D eigenvalue weighted by molar-refractivity contribution is 0.0462. The fraction of sp³-hybridized carbons (Fsp3) is 0.0556. The van der Waals surface area contributed by atoms with Crippen LogP contribution in [0.2, 0.25) is 0 Å². The van der Waals surface area contributed by atoms with E-state index < -0.39 is 5.97 Å². The lowest BCUT2D eigenvalue weighted by Gasteiger charge is -2.04. The Morgan fingerprint density at radius 3 is 2.67 bits per heavy atom. The number of aromatic amines is 1. The van der Waals surface area contributed by atoms with Gasteiger partial charge in [0.05, 0.1) is 11.1 Å². The standard InChI is InChI=1S/C18H12N2O3S/c21-17-16-15(12-8-4-5-9-13(12)24-16)19-14(20-17)10-23-18(22)11-6-2-1-3-7-11/h1-9H,10H2,(H,19,20,21). The second-order valence-corrected chi connectivity index (χ2v) is 6.28. The average Bonchev–Trinajstić information content (AvgIpc) is 3.00. The SMILES string of the molecule is O=C(OCc1nc2c(sc3ccccc32)c(=O)[nH]1)c1ccccc1. The van der Waals surface area contributed by atoms with Crippen molar-refractivity contribution >= 4 is 37.6 Å². The van der Waals surface area contributed by atoms with E-state index in [1.807, 2.05) is 30.3 Å². The summed E-state index contributed by atoms with van der Waals surface area (Å²) in [6.07, 6.45) is 0. The molecule has 6 heteroatoms. The van der Waals surface area contributed by atoms with Crippen LogP contribution in [0.15, 0.2) is 59.4 Å². The van der Waals surface area contributed by atoms with E-state index in [9.17, 15) is 9.59 Å². The first-order chi connectivity index (χ1) is 11.7. The summed E-state index contributed by atoms with van der Waals surface area (Å²) >= 11 is 1.40. The number of fused-ring (bicyclic) bond motifs is 3. The van der Waals surface area contributed by atoms with Crippen LogP contribution in [0.5, 0.6) is 0 Å². The molecule has 2 aromatic heterocycles. The first kappa shape index (κ1) is 14.6. The smallest absolute Gasteiger partial charge is 0.338 e. The van der Waals surface area contributed by atoms with Gasteiger partial charge in [-0.2, -0.15) is 0 Å². The minimum atomic E-state index is -0.450. The number of carbonyl (C=O) groups is 1. The van der Waals surface area contributed by atoms with Crippen molar-refractivity contribution in [3.63, 3.8) is 0 Å². The zero-order chi connectivity index (χ0) is 16.5. The van der Waals surface area contributed by atoms with Crippen LogP contribution in [0.4, 0.5) is 0 Å². The number of hydrogen-bond donors (Lipinski definition) is 1. The highest BCUT2D eigenvalue weighted by Gasteiger charge is 2.12. The molecule has 5 nitrogen and oxygen atoms in total. The largest absolute Gasteiger partial charge is 0.454 e. The van der Waals surface area contributed by atoms with E-state index in [0.29, 0.717) is 21.6 Å². The van der Waals surface area contributed by atoms with Crippen molar-refractivity contribution in [3.05, 3.63) is 76.3 Å². The zero-order valence-electron chi connectivity index (χ0n) is 12.5. The molecular formula is C18H12N2O3S. The maximum Gasteiger partial charge on any atom is 0.338 e. The number of benzene rings is 2. The zero-order valence-corrected chi connectivity index (χ0v) is 13.3. The Morgan fingerprint density at radius 2 is 1.83 bits per heavy atom. The summed E-state index contributed by atoms with van der Waals surface area (Å²) in [6, 6.07) is 16.4. The summed E-state index contributed by atoms with van der Waals surface area (Å²) in [5.41, 5.74) is 0.888. The van der Waals surface area contributed by atoms with Gasteiger partial charge in [-0.3, -0.25) is 4.79 Å². The van der Waals surface area contributed by atoms with E-state index in [0.717, 1.165) is 10.1 Å². The Bertz CT molecular complexity index is 1100. The fourth-order valence-corrected chi connectivity index (χ4v) is 3.54. The molecule has 0 unspecified atom stereocenters. The highest BCUT2D eigenvalue weighted by molar-refractivity contribution is 7.25. The number of nitrogens with zero attached hydrogens (tertiary/aromatic N) is 1. The van der Waals surface area contributed by atoms with Crippen LogP contribution >= 0.6 is 11.3 Å². The molecule has 0 aliphatic carbocycles. The normalized spacial score (nSPS) is 11.0. The van der Waals surface area contributed by atoms with Gasteiger partial charge in [-0.25, -0.2) is 9.78 Å². The molecule has 4 aromatic rings. The summed E-state index contributed by atoms with van der Waals surface area (Å²) in [5.74, 6) is -0.117. The average molecular weight is 336 g/mol. The fourth-order valence-electron chi connectivity index (χ4n) is 2.51. The van der Waals surface area contributed by atoms with Gasteiger partial charge in [0.2, 0.25) is 0 Å². The second-order valence-electron chi connectivity index (χ2n) is 5.23. The number of rotatable bonds is 3. The molecule has 2 heterocycles. The molecular weight excluding hydrogens is 324 g/mol. The molecule has 0 saturated heterocycles. The van der Waals surface area contributed by atoms with Gasteiger partial charge in [0.15, 0.2) is 0 Å². The van der Waals surface area contributed by atoms with E-state index in [4.69, 9.17) is 4.74 Å². The summed E-state index contributed by atoms with van der Waals surface area (Å²) in [7, 11) is 0. The monoisotopic (exact) mass is 336 g/mol. The Kier molecular flexibility index (Phi) is 3.59.